The normalized spacial score (nSPS) is 10.6. The predicted octanol–water partition coefficient (Wildman–Crippen LogP) is 3.62. The van der Waals surface area contributed by atoms with Crippen molar-refractivity contribution in [1.82, 2.24) is 20.8 Å². The monoisotopic (exact) mass is 380 g/mol. The van der Waals surface area contributed by atoms with E-state index in [0.29, 0.717) is 11.6 Å². The first-order valence-corrected chi connectivity index (χ1v) is 9.69. The molecular weight excluding hydrogens is 360 g/mol. The lowest BCUT2D eigenvalue weighted by Gasteiger charge is -2.09. The number of urea groups is 1. The lowest BCUT2D eigenvalue weighted by molar-refractivity contribution is -0.117. The second kappa shape index (κ2) is 9.14. The Kier molecular flexibility index (Phi) is 6.38. The summed E-state index contributed by atoms with van der Waals surface area (Å²) in [5, 5.41) is 16.2. The highest BCUT2D eigenvalue weighted by Crippen LogP contribution is 2.31. The van der Waals surface area contributed by atoms with Gasteiger partial charge in [-0.2, -0.15) is 0 Å². The van der Waals surface area contributed by atoms with Crippen molar-refractivity contribution in [1.29, 1.82) is 0 Å². The van der Waals surface area contributed by atoms with Gasteiger partial charge in [-0.05, 0) is 6.42 Å². The number of rotatable bonds is 6. The Morgan fingerprint density at radius 3 is 2.41 bits per heavy atom. The molecule has 0 fully saturated rings. The molecule has 0 atom stereocenters. The summed E-state index contributed by atoms with van der Waals surface area (Å²) in [5.74, 6) is -0.283. The van der Waals surface area contributed by atoms with Crippen LogP contribution < -0.4 is 10.6 Å². The maximum Gasteiger partial charge on any atom is 0.321 e. The summed E-state index contributed by atoms with van der Waals surface area (Å²) in [7, 11) is 0. The first-order valence-electron chi connectivity index (χ1n) is 8.70. The van der Waals surface area contributed by atoms with Gasteiger partial charge in [0, 0.05) is 22.9 Å². The number of hydrogen-bond acceptors (Lipinski definition) is 5. The van der Waals surface area contributed by atoms with E-state index in [1.54, 1.807) is 0 Å². The van der Waals surface area contributed by atoms with Crippen molar-refractivity contribution in [2.24, 2.45) is 0 Å². The number of imide groups is 1. The highest BCUT2D eigenvalue weighted by molar-refractivity contribution is 8.00. The number of fused-ring (bicyclic) bond motifs is 1. The molecule has 2 aromatic carbocycles. The highest BCUT2D eigenvalue weighted by Gasteiger charge is 2.13. The molecule has 7 heteroatoms. The molecule has 0 spiro atoms. The molecule has 3 rings (SSSR count). The summed E-state index contributed by atoms with van der Waals surface area (Å²) in [6.07, 6.45) is 0.811. The third-order valence-corrected chi connectivity index (χ3v) is 4.81. The molecule has 0 saturated heterocycles. The maximum absolute atomic E-state index is 12.0. The van der Waals surface area contributed by atoms with Gasteiger partial charge in [0.05, 0.1) is 5.75 Å². The fourth-order valence-corrected chi connectivity index (χ4v) is 3.35. The first kappa shape index (κ1) is 18.8. The van der Waals surface area contributed by atoms with E-state index in [1.165, 1.54) is 11.8 Å². The standard InChI is InChI=1S/C20H20N4O2S/c1-2-12-21-20(26)22-17(25)13-27-19-16-11-7-6-10-15(16)18(23-24-19)14-8-4-3-5-9-14/h3-11H,2,12-13H2,1H3,(H2,21,22,25,26). The Balaban J connectivity index is 1.77. The number of benzene rings is 2. The minimum atomic E-state index is -0.474. The number of carbonyl (C=O) groups excluding carboxylic acids is 2. The summed E-state index contributed by atoms with van der Waals surface area (Å²) in [6.45, 7) is 2.48. The minimum absolute atomic E-state index is 0.0862. The van der Waals surface area contributed by atoms with E-state index in [9.17, 15) is 9.59 Å². The van der Waals surface area contributed by atoms with Crippen LogP contribution in [0.5, 0.6) is 0 Å². The van der Waals surface area contributed by atoms with Gasteiger partial charge in [-0.25, -0.2) is 4.79 Å². The molecule has 6 nitrogen and oxygen atoms in total. The third-order valence-electron chi connectivity index (χ3n) is 3.83. The van der Waals surface area contributed by atoms with Crippen LogP contribution in [-0.4, -0.2) is 34.4 Å². The van der Waals surface area contributed by atoms with E-state index >= 15 is 0 Å². The second-order valence-corrected chi connectivity index (χ2v) is 6.82. The molecule has 0 radical (unpaired) electrons. The first-order chi connectivity index (χ1) is 13.2. The smallest absolute Gasteiger partial charge is 0.321 e. The number of thioether (sulfide) groups is 1. The molecule has 3 amide bonds. The van der Waals surface area contributed by atoms with Gasteiger partial charge < -0.3 is 5.32 Å². The van der Waals surface area contributed by atoms with Crippen molar-refractivity contribution >= 4 is 34.5 Å². The molecule has 0 aliphatic rings. The van der Waals surface area contributed by atoms with Crippen molar-refractivity contribution in [2.45, 2.75) is 18.4 Å². The molecule has 0 aliphatic carbocycles. The van der Waals surface area contributed by atoms with Crippen LogP contribution in [0.3, 0.4) is 0 Å². The largest absolute Gasteiger partial charge is 0.338 e. The number of carbonyl (C=O) groups is 2. The van der Waals surface area contributed by atoms with Gasteiger partial charge in [0.1, 0.15) is 10.7 Å². The van der Waals surface area contributed by atoms with E-state index in [-0.39, 0.29) is 11.7 Å². The zero-order chi connectivity index (χ0) is 19.1. The van der Waals surface area contributed by atoms with E-state index in [0.717, 1.165) is 28.5 Å². The molecule has 3 aromatic rings. The van der Waals surface area contributed by atoms with Crippen LogP contribution in [-0.2, 0) is 4.79 Å². The second-order valence-electron chi connectivity index (χ2n) is 5.86. The Morgan fingerprint density at radius 1 is 0.963 bits per heavy atom. The topological polar surface area (TPSA) is 84.0 Å². The summed E-state index contributed by atoms with van der Waals surface area (Å²) in [6, 6.07) is 17.2. The van der Waals surface area contributed by atoms with Crippen LogP contribution in [0.1, 0.15) is 13.3 Å². The number of amides is 3. The molecule has 1 heterocycles. The van der Waals surface area contributed by atoms with Gasteiger partial charge in [-0.15, -0.1) is 10.2 Å². The lowest BCUT2D eigenvalue weighted by Crippen LogP contribution is -2.40. The molecule has 0 aliphatic heterocycles. The molecule has 2 N–H and O–H groups in total. The molecular formula is C20H20N4O2S. The summed E-state index contributed by atoms with van der Waals surface area (Å²) in [5.41, 5.74) is 1.79. The van der Waals surface area contributed by atoms with Crippen LogP contribution in [0, 0.1) is 0 Å². The van der Waals surface area contributed by atoms with Crippen LogP contribution >= 0.6 is 11.8 Å². The Labute approximate surface area is 161 Å². The summed E-state index contributed by atoms with van der Waals surface area (Å²) in [4.78, 5) is 23.5. The van der Waals surface area contributed by atoms with Crippen molar-refractivity contribution in [3.8, 4) is 11.3 Å². The fourth-order valence-electron chi connectivity index (χ4n) is 2.57. The molecule has 27 heavy (non-hydrogen) atoms. The third kappa shape index (κ3) is 4.83. The van der Waals surface area contributed by atoms with Crippen molar-refractivity contribution < 1.29 is 9.59 Å². The van der Waals surface area contributed by atoms with Gasteiger partial charge in [0.15, 0.2) is 0 Å². The maximum atomic E-state index is 12.0. The molecule has 1 aromatic heterocycles. The average Bonchev–Trinajstić information content (AvgIpc) is 2.71. The van der Waals surface area contributed by atoms with Crippen LogP contribution in [0.25, 0.3) is 22.0 Å². The molecule has 138 valence electrons. The lowest BCUT2D eigenvalue weighted by atomic mass is 10.1. The van der Waals surface area contributed by atoms with Gasteiger partial charge >= 0.3 is 6.03 Å². The van der Waals surface area contributed by atoms with Gasteiger partial charge in [-0.3, -0.25) is 10.1 Å². The highest BCUT2D eigenvalue weighted by atomic mass is 32.2. The Morgan fingerprint density at radius 2 is 1.67 bits per heavy atom. The number of aromatic nitrogens is 2. The van der Waals surface area contributed by atoms with Crippen molar-refractivity contribution in [3.63, 3.8) is 0 Å². The van der Waals surface area contributed by atoms with Crippen molar-refractivity contribution in [2.75, 3.05) is 12.3 Å². The van der Waals surface area contributed by atoms with Gasteiger partial charge in [0.25, 0.3) is 0 Å². The van der Waals surface area contributed by atoms with E-state index in [4.69, 9.17) is 0 Å². The van der Waals surface area contributed by atoms with Crippen LogP contribution in [0.4, 0.5) is 4.79 Å². The van der Waals surface area contributed by atoms with E-state index in [2.05, 4.69) is 20.8 Å². The van der Waals surface area contributed by atoms with Crippen molar-refractivity contribution in [3.05, 3.63) is 54.6 Å². The summed E-state index contributed by atoms with van der Waals surface area (Å²) < 4.78 is 0. The van der Waals surface area contributed by atoms with E-state index in [1.807, 2.05) is 61.5 Å². The zero-order valence-corrected chi connectivity index (χ0v) is 15.8. The average molecular weight is 380 g/mol. The van der Waals surface area contributed by atoms with Gasteiger partial charge in [0.2, 0.25) is 5.91 Å². The van der Waals surface area contributed by atoms with Crippen LogP contribution in [0.15, 0.2) is 59.6 Å². The molecule has 0 unspecified atom stereocenters. The quantitative estimate of drug-likeness (QED) is 0.638. The molecule has 0 saturated carbocycles. The number of hydrogen-bond donors (Lipinski definition) is 2. The fraction of sp³-hybridized carbons (Fsp3) is 0.200. The van der Waals surface area contributed by atoms with Gasteiger partial charge in [-0.1, -0.05) is 73.3 Å². The Bertz CT molecular complexity index is 947. The zero-order valence-electron chi connectivity index (χ0n) is 14.9. The number of nitrogens with zero attached hydrogens (tertiary/aromatic N) is 2. The SMILES string of the molecule is CCCNC(=O)NC(=O)CSc1nnc(-c2ccccc2)c2ccccc12. The number of nitrogens with one attached hydrogen (secondary N) is 2. The Hall–Kier alpha value is -2.93. The van der Waals surface area contributed by atoms with E-state index < -0.39 is 6.03 Å². The summed E-state index contributed by atoms with van der Waals surface area (Å²) >= 11 is 1.26. The van der Waals surface area contributed by atoms with Crippen LogP contribution in [0.2, 0.25) is 0 Å². The minimum Gasteiger partial charge on any atom is -0.338 e. The predicted molar refractivity (Wildman–Crippen MR) is 108 cm³/mol. The molecule has 0 bridgehead atoms.